The van der Waals surface area contributed by atoms with Crippen LogP contribution in [0.15, 0.2) is 88.0 Å². The van der Waals surface area contributed by atoms with Crippen LogP contribution in [0.1, 0.15) is 34.0 Å². The van der Waals surface area contributed by atoms with Crippen molar-refractivity contribution in [2.24, 2.45) is 4.99 Å². The van der Waals surface area contributed by atoms with Crippen LogP contribution in [0.25, 0.3) is 6.08 Å². The molecule has 1 amide bonds. The van der Waals surface area contributed by atoms with E-state index in [1.165, 1.54) is 0 Å². The minimum atomic E-state index is -0.763. The Hall–Kier alpha value is -3.52. The highest BCUT2D eigenvalue weighted by Gasteiger charge is 2.34. The zero-order chi connectivity index (χ0) is 27.2. The van der Waals surface area contributed by atoms with Crippen molar-refractivity contribution in [1.82, 2.24) is 0 Å². The number of aliphatic hydroxyl groups is 1. The van der Waals surface area contributed by atoms with Crippen molar-refractivity contribution >= 4 is 58.0 Å². The van der Waals surface area contributed by atoms with Crippen LogP contribution in [-0.2, 0) is 16.1 Å². The van der Waals surface area contributed by atoms with Gasteiger partial charge in [-0.15, -0.1) is 0 Å². The third-order valence-corrected chi connectivity index (χ3v) is 7.08. The molecule has 4 rings (SSSR count). The summed E-state index contributed by atoms with van der Waals surface area (Å²) in [5, 5.41) is 12.0. The van der Waals surface area contributed by atoms with E-state index in [0.717, 1.165) is 22.9 Å². The Balaban J connectivity index is 1.59. The molecule has 194 valence electrons. The van der Waals surface area contributed by atoms with Gasteiger partial charge in [0.15, 0.2) is 0 Å². The van der Waals surface area contributed by atoms with Crippen LogP contribution in [0.3, 0.4) is 0 Å². The highest BCUT2D eigenvalue weighted by atomic mass is 35.5. The number of carbonyl (C=O) groups is 2. The molecule has 0 saturated carbocycles. The summed E-state index contributed by atoms with van der Waals surface area (Å²) in [5.41, 5.74) is 2.59. The number of aryl methyl sites for hydroxylation is 1. The maximum Gasteiger partial charge on any atom is 0.344 e. The van der Waals surface area contributed by atoms with Gasteiger partial charge >= 0.3 is 5.97 Å². The molecule has 0 radical (unpaired) electrons. The van der Waals surface area contributed by atoms with E-state index >= 15 is 0 Å². The van der Waals surface area contributed by atoms with Crippen molar-refractivity contribution in [3.63, 3.8) is 0 Å². The number of nitrogens with zero attached hydrogens (tertiary/aromatic N) is 1. The largest absolute Gasteiger partial charge is 0.506 e. The second-order valence-electron chi connectivity index (χ2n) is 8.20. The summed E-state index contributed by atoms with van der Waals surface area (Å²) in [7, 11) is 0. The molecule has 1 N–H and O–H groups in total. The standard InChI is InChI=1S/C29H23Cl2NO5S/c1-3-36-29(35)25-26(33)24(38-28(25)32-27(34)21-7-5-4-6-17(21)2)15-19-10-13-23(22(31)14-19)37-16-18-8-11-20(30)12-9-18/h4-15,33H,3,16H2,1-2H3/b24-15-,32-28?. The molecule has 1 aliphatic rings. The molecule has 3 aromatic carbocycles. The fraction of sp³-hybridized carbons (Fsp3) is 0.138. The maximum atomic E-state index is 12.9. The molecule has 0 unspecified atom stereocenters. The second-order valence-corrected chi connectivity index (χ2v) is 10.1. The molecule has 1 heterocycles. The zero-order valence-electron chi connectivity index (χ0n) is 20.5. The molecular formula is C29H23Cl2NO5S. The molecule has 0 atom stereocenters. The Labute approximate surface area is 234 Å². The van der Waals surface area contributed by atoms with Crippen molar-refractivity contribution < 1.29 is 24.2 Å². The number of thioether (sulfide) groups is 1. The summed E-state index contributed by atoms with van der Waals surface area (Å²) < 4.78 is 10.9. The summed E-state index contributed by atoms with van der Waals surface area (Å²) in [4.78, 5) is 30.0. The molecule has 0 bridgehead atoms. The molecule has 9 heteroatoms. The Bertz CT molecular complexity index is 1480. The Morgan fingerprint density at radius 2 is 1.79 bits per heavy atom. The van der Waals surface area contributed by atoms with E-state index in [2.05, 4.69) is 4.99 Å². The summed E-state index contributed by atoms with van der Waals surface area (Å²) in [6.45, 7) is 3.87. The molecule has 0 saturated heterocycles. The van der Waals surface area contributed by atoms with Crippen LogP contribution < -0.4 is 4.74 Å². The number of benzene rings is 3. The lowest BCUT2D eigenvalue weighted by atomic mass is 10.1. The highest BCUT2D eigenvalue weighted by Crippen LogP contribution is 2.40. The molecule has 0 fully saturated rings. The van der Waals surface area contributed by atoms with Crippen LogP contribution in [0.5, 0.6) is 5.75 Å². The smallest absolute Gasteiger partial charge is 0.344 e. The number of rotatable bonds is 7. The predicted octanol–water partition coefficient (Wildman–Crippen LogP) is 7.58. The van der Waals surface area contributed by atoms with Crippen LogP contribution in [-0.4, -0.2) is 28.6 Å². The van der Waals surface area contributed by atoms with Crippen molar-refractivity contribution in [2.45, 2.75) is 20.5 Å². The van der Waals surface area contributed by atoms with Crippen LogP contribution >= 0.6 is 35.0 Å². The summed E-state index contributed by atoms with van der Waals surface area (Å²) in [5.74, 6) is -1.11. The highest BCUT2D eigenvalue weighted by molar-refractivity contribution is 8.18. The number of hydrogen-bond donors (Lipinski definition) is 1. The lowest BCUT2D eigenvalue weighted by Gasteiger charge is -2.09. The number of aliphatic imine (C=N–C) groups is 1. The maximum absolute atomic E-state index is 12.9. The van der Waals surface area contributed by atoms with E-state index in [1.807, 2.05) is 18.2 Å². The van der Waals surface area contributed by atoms with Gasteiger partial charge in [0.2, 0.25) is 0 Å². The molecule has 1 aliphatic heterocycles. The number of esters is 1. The van der Waals surface area contributed by atoms with Gasteiger partial charge in [-0.25, -0.2) is 9.79 Å². The zero-order valence-corrected chi connectivity index (χ0v) is 22.9. The number of ether oxygens (including phenoxy) is 2. The van der Waals surface area contributed by atoms with Gasteiger partial charge in [-0.05, 0) is 66.9 Å². The van der Waals surface area contributed by atoms with Crippen LogP contribution in [0.2, 0.25) is 10.0 Å². The van der Waals surface area contributed by atoms with Gasteiger partial charge in [0, 0.05) is 10.6 Å². The first-order chi connectivity index (χ1) is 18.3. The van der Waals surface area contributed by atoms with E-state index in [9.17, 15) is 14.7 Å². The second kappa shape index (κ2) is 12.3. The van der Waals surface area contributed by atoms with E-state index in [0.29, 0.717) is 38.4 Å². The van der Waals surface area contributed by atoms with Gasteiger partial charge in [0.25, 0.3) is 5.91 Å². The first-order valence-corrected chi connectivity index (χ1v) is 13.2. The average Bonchev–Trinajstić information content (AvgIpc) is 3.19. The third kappa shape index (κ3) is 6.48. The van der Waals surface area contributed by atoms with Gasteiger partial charge in [-0.2, -0.15) is 0 Å². The Morgan fingerprint density at radius 1 is 1.05 bits per heavy atom. The fourth-order valence-corrected chi connectivity index (χ4v) is 4.96. The first kappa shape index (κ1) is 27.5. The molecule has 3 aromatic rings. The Kier molecular flexibility index (Phi) is 8.94. The van der Waals surface area contributed by atoms with Crippen molar-refractivity contribution in [2.75, 3.05) is 6.61 Å². The quantitative estimate of drug-likeness (QED) is 0.296. The molecule has 0 aliphatic carbocycles. The van der Waals surface area contributed by atoms with Gasteiger partial charge in [-0.1, -0.05) is 71.4 Å². The summed E-state index contributed by atoms with van der Waals surface area (Å²) >= 11 is 13.4. The molecule has 0 aromatic heterocycles. The van der Waals surface area contributed by atoms with E-state index in [4.69, 9.17) is 32.7 Å². The van der Waals surface area contributed by atoms with Gasteiger partial charge in [-0.3, -0.25) is 4.79 Å². The monoisotopic (exact) mass is 567 g/mol. The molecular weight excluding hydrogens is 545 g/mol. The Morgan fingerprint density at radius 3 is 2.47 bits per heavy atom. The minimum Gasteiger partial charge on any atom is -0.506 e. The minimum absolute atomic E-state index is 0.0643. The lowest BCUT2D eigenvalue weighted by Crippen LogP contribution is -2.14. The fourth-order valence-electron chi connectivity index (χ4n) is 3.57. The number of hydrogen-bond acceptors (Lipinski definition) is 6. The summed E-state index contributed by atoms with van der Waals surface area (Å²) in [6, 6.07) is 19.5. The van der Waals surface area contributed by atoms with Crippen molar-refractivity contribution in [3.8, 4) is 5.75 Å². The van der Waals surface area contributed by atoms with Gasteiger partial charge < -0.3 is 14.6 Å². The van der Waals surface area contributed by atoms with E-state index < -0.39 is 11.9 Å². The average molecular weight is 568 g/mol. The van der Waals surface area contributed by atoms with E-state index in [-0.39, 0.29) is 23.0 Å². The molecule has 38 heavy (non-hydrogen) atoms. The van der Waals surface area contributed by atoms with Crippen LogP contribution in [0, 0.1) is 6.92 Å². The molecule has 6 nitrogen and oxygen atoms in total. The number of aliphatic hydroxyl groups excluding tert-OH is 1. The van der Waals surface area contributed by atoms with Crippen LogP contribution in [0.4, 0.5) is 0 Å². The van der Waals surface area contributed by atoms with E-state index in [1.54, 1.807) is 68.5 Å². The predicted molar refractivity (Wildman–Crippen MR) is 152 cm³/mol. The SMILES string of the molecule is CCOC(=O)C1=C(O)/C(=C/c2ccc(OCc3ccc(Cl)cc3)c(Cl)c2)SC1=NC(=O)c1ccccc1C. The first-order valence-electron chi connectivity index (χ1n) is 11.6. The molecule has 0 spiro atoms. The number of amides is 1. The topological polar surface area (TPSA) is 85.2 Å². The lowest BCUT2D eigenvalue weighted by molar-refractivity contribution is -0.138. The number of carbonyl (C=O) groups excluding carboxylic acids is 2. The van der Waals surface area contributed by atoms with Gasteiger partial charge in [0.05, 0.1) is 16.5 Å². The number of halogens is 2. The van der Waals surface area contributed by atoms with Crippen molar-refractivity contribution in [3.05, 3.63) is 115 Å². The van der Waals surface area contributed by atoms with Crippen molar-refractivity contribution in [1.29, 1.82) is 0 Å². The third-order valence-electron chi connectivity index (χ3n) is 5.51. The summed E-state index contributed by atoms with van der Waals surface area (Å²) in [6.07, 6.45) is 1.65. The van der Waals surface area contributed by atoms with Gasteiger partial charge in [0.1, 0.15) is 28.7 Å². The normalized spacial score (nSPS) is 15.3.